The summed E-state index contributed by atoms with van der Waals surface area (Å²) in [6.07, 6.45) is 4.00. The molecule has 0 saturated heterocycles. The quantitative estimate of drug-likeness (QED) is 0.792. The fourth-order valence-corrected chi connectivity index (χ4v) is 2.58. The van der Waals surface area contributed by atoms with Crippen molar-refractivity contribution in [3.05, 3.63) is 11.6 Å². The van der Waals surface area contributed by atoms with Crippen molar-refractivity contribution in [2.45, 2.75) is 45.1 Å². The van der Waals surface area contributed by atoms with E-state index in [1.54, 1.807) is 6.92 Å². The van der Waals surface area contributed by atoms with Gasteiger partial charge in [-0.2, -0.15) is 0 Å². The summed E-state index contributed by atoms with van der Waals surface area (Å²) in [6, 6.07) is 0. The highest BCUT2D eigenvalue weighted by Gasteiger charge is 2.36. The Morgan fingerprint density at radius 3 is 3.11 bits per heavy atom. The Labute approximate surface area is 106 Å². The number of nitrogens with one attached hydrogen (secondary N) is 1. The first-order valence-corrected chi connectivity index (χ1v) is 6.44. The Morgan fingerprint density at radius 2 is 2.44 bits per heavy atom. The SMILES string of the molecule is CCOC(=O)c1n[nH]c(C2(N)CCCC(C)C2)n1. The molecule has 0 spiro atoms. The number of ether oxygens (including phenoxy) is 1. The molecule has 6 heteroatoms. The van der Waals surface area contributed by atoms with Crippen LogP contribution in [0.5, 0.6) is 0 Å². The predicted molar refractivity (Wildman–Crippen MR) is 65.8 cm³/mol. The van der Waals surface area contributed by atoms with E-state index >= 15 is 0 Å². The van der Waals surface area contributed by atoms with Crippen LogP contribution in [0.15, 0.2) is 0 Å². The first-order valence-electron chi connectivity index (χ1n) is 6.44. The molecule has 0 bridgehead atoms. The van der Waals surface area contributed by atoms with Gasteiger partial charge in [-0.05, 0) is 25.7 Å². The molecule has 2 unspecified atom stereocenters. The minimum atomic E-state index is -0.507. The van der Waals surface area contributed by atoms with E-state index in [1.165, 1.54) is 6.42 Å². The average Bonchev–Trinajstić information content (AvgIpc) is 2.79. The normalized spacial score (nSPS) is 28.1. The predicted octanol–water partition coefficient (Wildman–Crippen LogP) is 1.35. The molecule has 1 fully saturated rings. The molecule has 6 nitrogen and oxygen atoms in total. The molecule has 0 amide bonds. The summed E-state index contributed by atoms with van der Waals surface area (Å²) in [5.41, 5.74) is 5.88. The maximum absolute atomic E-state index is 11.5. The van der Waals surface area contributed by atoms with Crippen molar-refractivity contribution in [2.24, 2.45) is 11.7 Å². The average molecular weight is 252 g/mol. The zero-order valence-corrected chi connectivity index (χ0v) is 10.9. The molecular weight excluding hydrogens is 232 g/mol. The van der Waals surface area contributed by atoms with E-state index in [4.69, 9.17) is 10.5 Å². The van der Waals surface area contributed by atoms with Gasteiger partial charge in [0.2, 0.25) is 0 Å². The first kappa shape index (κ1) is 13.0. The lowest BCUT2D eigenvalue weighted by atomic mass is 9.76. The standard InChI is InChI=1S/C12H20N4O2/c1-3-18-10(17)9-14-11(16-15-9)12(13)6-4-5-8(2)7-12/h8H,3-7,13H2,1-2H3,(H,14,15,16). The van der Waals surface area contributed by atoms with E-state index < -0.39 is 11.5 Å². The smallest absolute Gasteiger partial charge is 0.378 e. The third kappa shape index (κ3) is 2.53. The maximum Gasteiger partial charge on any atom is 0.378 e. The lowest BCUT2D eigenvalue weighted by molar-refractivity contribution is 0.0512. The number of hydrogen-bond acceptors (Lipinski definition) is 5. The summed E-state index contributed by atoms with van der Waals surface area (Å²) in [6.45, 7) is 4.25. The number of nitrogens with two attached hydrogens (primary N) is 1. The lowest BCUT2D eigenvalue weighted by Gasteiger charge is -2.34. The zero-order chi connectivity index (χ0) is 13.2. The minimum absolute atomic E-state index is 0.0647. The van der Waals surface area contributed by atoms with Gasteiger partial charge in [-0.25, -0.2) is 9.78 Å². The number of rotatable bonds is 3. The van der Waals surface area contributed by atoms with Gasteiger partial charge in [0.25, 0.3) is 5.82 Å². The summed E-state index contributed by atoms with van der Waals surface area (Å²) in [5, 5.41) is 6.68. The monoisotopic (exact) mass is 252 g/mol. The molecule has 1 aromatic heterocycles. The molecule has 1 aromatic rings. The highest BCUT2D eigenvalue weighted by Crippen LogP contribution is 2.36. The van der Waals surface area contributed by atoms with Gasteiger partial charge in [-0.15, -0.1) is 5.10 Å². The molecule has 0 aromatic carbocycles. The van der Waals surface area contributed by atoms with Gasteiger partial charge in [0.05, 0.1) is 12.1 Å². The van der Waals surface area contributed by atoms with Crippen LogP contribution in [0, 0.1) is 5.92 Å². The van der Waals surface area contributed by atoms with Crippen molar-refractivity contribution in [3.8, 4) is 0 Å². The van der Waals surface area contributed by atoms with Crippen LogP contribution in [0.25, 0.3) is 0 Å². The highest BCUT2D eigenvalue weighted by atomic mass is 16.5. The van der Waals surface area contributed by atoms with Gasteiger partial charge in [0.1, 0.15) is 5.82 Å². The van der Waals surface area contributed by atoms with Gasteiger partial charge in [0.15, 0.2) is 0 Å². The molecule has 1 saturated carbocycles. The van der Waals surface area contributed by atoms with Crippen molar-refractivity contribution < 1.29 is 9.53 Å². The van der Waals surface area contributed by atoms with Crippen molar-refractivity contribution in [2.75, 3.05) is 6.61 Å². The van der Waals surface area contributed by atoms with Crippen molar-refractivity contribution >= 4 is 5.97 Å². The van der Waals surface area contributed by atoms with Crippen LogP contribution in [0.3, 0.4) is 0 Å². The molecule has 18 heavy (non-hydrogen) atoms. The van der Waals surface area contributed by atoms with Crippen molar-refractivity contribution in [3.63, 3.8) is 0 Å². The van der Waals surface area contributed by atoms with Crippen LogP contribution in [0.2, 0.25) is 0 Å². The molecule has 2 rings (SSSR count). The second-order valence-corrected chi connectivity index (χ2v) is 5.09. The number of aromatic amines is 1. The maximum atomic E-state index is 11.5. The molecule has 2 atom stereocenters. The number of nitrogens with zero attached hydrogens (tertiary/aromatic N) is 2. The first-order chi connectivity index (χ1) is 8.55. The van der Waals surface area contributed by atoms with Crippen LogP contribution in [-0.4, -0.2) is 27.8 Å². The van der Waals surface area contributed by atoms with Gasteiger partial charge < -0.3 is 10.5 Å². The lowest BCUT2D eigenvalue weighted by Crippen LogP contribution is -2.42. The van der Waals surface area contributed by atoms with Crippen molar-refractivity contribution in [1.29, 1.82) is 0 Å². The van der Waals surface area contributed by atoms with Crippen LogP contribution >= 0.6 is 0 Å². The number of aromatic nitrogens is 3. The van der Waals surface area contributed by atoms with Crippen LogP contribution in [-0.2, 0) is 10.3 Å². The number of hydrogen-bond donors (Lipinski definition) is 2. The third-order valence-electron chi connectivity index (χ3n) is 3.45. The van der Waals surface area contributed by atoms with E-state index in [0.29, 0.717) is 18.3 Å². The Balaban J connectivity index is 2.16. The number of carbonyl (C=O) groups excluding carboxylic acids is 1. The topological polar surface area (TPSA) is 93.9 Å². The Kier molecular flexibility index (Phi) is 3.65. The molecule has 1 aliphatic carbocycles. The summed E-state index contributed by atoms with van der Waals surface area (Å²) in [4.78, 5) is 15.7. The van der Waals surface area contributed by atoms with E-state index in [2.05, 4.69) is 22.1 Å². The molecule has 100 valence electrons. The summed E-state index contributed by atoms with van der Waals surface area (Å²) < 4.78 is 4.86. The largest absolute Gasteiger partial charge is 0.460 e. The van der Waals surface area contributed by atoms with Crippen molar-refractivity contribution in [1.82, 2.24) is 15.2 Å². The fraction of sp³-hybridized carbons (Fsp3) is 0.750. The number of carbonyl (C=O) groups is 1. The van der Waals surface area contributed by atoms with Gasteiger partial charge in [0, 0.05) is 0 Å². The summed E-state index contributed by atoms with van der Waals surface area (Å²) in [5.74, 6) is 0.722. The zero-order valence-electron chi connectivity index (χ0n) is 10.9. The molecule has 1 aliphatic rings. The van der Waals surface area contributed by atoms with E-state index in [9.17, 15) is 4.79 Å². The van der Waals surface area contributed by atoms with Gasteiger partial charge >= 0.3 is 5.97 Å². The summed E-state index contributed by atoms with van der Waals surface area (Å²) >= 11 is 0. The highest BCUT2D eigenvalue weighted by molar-refractivity contribution is 5.84. The molecule has 3 N–H and O–H groups in total. The van der Waals surface area contributed by atoms with E-state index in [1.807, 2.05) is 0 Å². The number of H-pyrrole nitrogens is 1. The Bertz CT molecular complexity index is 431. The number of esters is 1. The third-order valence-corrected chi connectivity index (χ3v) is 3.45. The summed E-state index contributed by atoms with van der Waals surface area (Å²) in [7, 11) is 0. The van der Waals surface area contributed by atoms with Gasteiger partial charge in [-0.3, -0.25) is 5.10 Å². The second kappa shape index (κ2) is 5.06. The Morgan fingerprint density at radius 1 is 1.67 bits per heavy atom. The van der Waals surface area contributed by atoms with E-state index in [0.717, 1.165) is 19.3 Å². The van der Waals surface area contributed by atoms with Crippen LogP contribution < -0.4 is 5.73 Å². The fourth-order valence-electron chi connectivity index (χ4n) is 2.58. The van der Waals surface area contributed by atoms with Crippen LogP contribution in [0.1, 0.15) is 56.0 Å². The molecular formula is C12H20N4O2. The second-order valence-electron chi connectivity index (χ2n) is 5.09. The Hall–Kier alpha value is -1.43. The molecule has 1 heterocycles. The van der Waals surface area contributed by atoms with E-state index in [-0.39, 0.29) is 5.82 Å². The molecule has 0 radical (unpaired) electrons. The minimum Gasteiger partial charge on any atom is -0.460 e. The van der Waals surface area contributed by atoms with Crippen LogP contribution in [0.4, 0.5) is 0 Å². The van der Waals surface area contributed by atoms with Gasteiger partial charge in [-0.1, -0.05) is 19.8 Å². The molecule has 0 aliphatic heterocycles.